The molecule has 26 heavy (non-hydrogen) atoms. The number of hydrogen-bond acceptors (Lipinski definition) is 3. The van der Waals surface area contributed by atoms with Gasteiger partial charge >= 0.3 is 5.97 Å². The van der Waals surface area contributed by atoms with Gasteiger partial charge in [0.05, 0.1) is 12.2 Å². The van der Waals surface area contributed by atoms with Crippen LogP contribution in [0.4, 0.5) is 0 Å². The fraction of sp³-hybridized carbons (Fsp3) is 0.682. The van der Waals surface area contributed by atoms with E-state index in [2.05, 4.69) is 17.9 Å². The van der Waals surface area contributed by atoms with Gasteiger partial charge < -0.3 is 15.3 Å². The summed E-state index contributed by atoms with van der Waals surface area (Å²) in [6, 6.07) is 0. The second kappa shape index (κ2) is 9.94. The summed E-state index contributed by atoms with van der Waals surface area (Å²) in [6.07, 6.45) is 10.4. The van der Waals surface area contributed by atoms with Crippen molar-refractivity contribution in [1.82, 2.24) is 0 Å². The van der Waals surface area contributed by atoms with E-state index in [4.69, 9.17) is 5.11 Å². The monoisotopic (exact) mass is 360 g/mol. The van der Waals surface area contributed by atoms with Crippen molar-refractivity contribution in [2.45, 2.75) is 71.0 Å². The third-order valence-electron chi connectivity index (χ3n) is 5.85. The Morgan fingerprint density at radius 2 is 2.15 bits per heavy atom. The van der Waals surface area contributed by atoms with Gasteiger partial charge in [0.1, 0.15) is 0 Å². The first-order chi connectivity index (χ1) is 12.4. The smallest absolute Gasteiger partial charge is 0.303 e. The number of aliphatic hydroxyl groups is 2. The molecule has 6 atom stereocenters. The van der Waals surface area contributed by atoms with Crippen LogP contribution in [-0.4, -0.2) is 33.5 Å². The molecule has 0 aromatic heterocycles. The summed E-state index contributed by atoms with van der Waals surface area (Å²) >= 11 is 0. The van der Waals surface area contributed by atoms with E-state index in [0.717, 1.165) is 25.7 Å². The van der Waals surface area contributed by atoms with Crippen LogP contribution in [0.1, 0.15) is 58.8 Å². The summed E-state index contributed by atoms with van der Waals surface area (Å²) in [7, 11) is 0. The number of hydrogen-bond donors (Lipinski definition) is 3. The topological polar surface area (TPSA) is 77.8 Å². The number of carbonyl (C=O) groups is 1. The second-order valence-electron chi connectivity index (χ2n) is 7.84. The molecule has 3 N–H and O–H groups in total. The average molecular weight is 360 g/mol. The van der Waals surface area contributed by atoms with Gasteiger partial charge in [0.2, 0.25) is 0 Å². The molecule has 2 saturated carbocycles. The van der Waals surface area contributed by atoms with Crippen LogP contribution in [0.25, 0.3) is 0 Å². The molecule has 0 aromatic rings. The number of unbranched alkanes of at least 4 members (excludes halogenated alkanes) is 1. The Morgan fingerprint density at radius 3 is 2.85 bits per heavy atom. The third-order valence-corrected chi connectivity index (χ3v) is 5.85. The van der Waals surface area contributed by atoms with Crippen molar-refractivity contribution in [3.05, 3.63) is 23.8 Å². The molecule has 2 unspecified atom stereocenters. The maximum absolute atomic E-state index is 10.6. The molecule has 4 heteroatoms. The molecule has 144 valence electrons. The van der Waals surface area contributed by atoms with Crippen LogP contribution in [0, 0.1) is 35.5 Å². The van der Waals surface area contributed by atoms with Crippen molar-refractivity contribution in [2.24, 2.45) is 23.7 Å². The van der Waals surface area contributed by atoms with Crippen LogP contribution in [0.5, 0.6) is 0 Å². The summed E-state index contributed by atoms with van der Waals surface area (Å²) < 4.78 is 0. The zero-order chi connectivity index (χ0) is 19.1. The van der Waals surface area contributed by atoms with Crippen molar-refractivity contribution in [2.75, 3.05) is 0 Å². The van der Waals surface area contributed by atoms with E-state index in [1.807, 2.05) is 19.1 Å². The van der Waals surface area contributed by atoms with E-state index in [0.29, 0.717) is 24.7 Å². The quantitative estimate of drug-likeness (QED) is 0.351. The maximum atomic E-state index is 10.6. The number of aliphatic hydroxyl groups excluding tert-OH is 2. The maximum Gasteiger partial charge on any atom is 0.303 e. The predicted molar refractivity (Wildman–Crippen MR) is 102 cm³/mol. The molecule has 0 amide bonds. The van der Waals surface area contributed by atoms with E-state index in [9.17, 15) is 15.0 Å². The normalized spacial score (nSPS) is 31.6. The third kappa shape index (κ3) is 5.72. The van der Waals surface area contributed by atoms with Gasteiger partial charge in [-0.2, -0.15) is 0 Å². The Kier molecular flexibility index (Phi) is 7.93. The minimum absolute atomic E-state index is 0.0845. The number of allylic oxidation sites excluding steroid dienone is 2. The number of aliphatic carboxylic acids is 1. The summed E-state index contributed by atoms with van der Waals surface area (Å²) in [5.41, 5.74) is 1.41. The first-order valence-electron chi connectivity index (χ1n) is 9.76. The Labute approximate surface area is 157 Å². The SMILES string of the molecule is CC#CCC(C)[C@H](O)C=CC1[C@H](O)C[C@@H]2CC(=CCCCC(=O)O)C[C@H]12. The molecule has 0 aliphatic heterocycles. The van der Waals surface area contributed by atoms with Crippen molar-refractivity contribution >= 4 is 5.97 Å². The van der Waals surface area contributed by atoms with Crippen LogP contribution >= 0.6 is 0 Å². The van der Waals surface area contributed by atoms with Gasteiger partial charge in [-0.05, 0) is 56.8 Å². The zero-order valence-electron chi connectivity index (χ0n) is 15.9. The number of carboxylic acid groups (broad SMARTS) is 1. The molecule has 0 bridgehead atoms. The van der Waals surface area contributed by atoms with Crippen LogP contribution in [0.2, 0.25) is 0 Å². The largest absolute Gasteiger partial charge is 0.481 e. The Hall–Kier alpha value is -1.57. The lowest BCUT2D eigenvalue weighted by Crippen LogP contribution is -2.19. The first-order valence-corrected chi connectivity index (χ1v) is 9.76. The van der Waals surface area contributed by atoms with Gasteiger partial charge in [-0.25, -0.2) is 0 Å². The van der Waals surface area contributed by atoms with E-state index in [1.165, 1.54) is 5.57 Å². The molecule has 2 fully saturated rings. The Balaban J connectivity index is 1.89. The highest BCUT2D eigenvalue weighted by Crippen LogP contribution is 2.50. The molecule has 4 nitrogen and oxygen atoms in total. The van der Waals surface area contributed by atoms with E-state index in [-0.39, 0.29) is 24.4 Å². The van der Waals surface area contributed by atoms with Gasteiger partial charge in [-0.15, -0.1) is 11.8 Å². The van der Waals surface area contributed by atoms with Crippen molar-refractivity contribution in [1.29, 1.82) is 0 Å². The summed E-state index contributed by atoms with van der Waals surface area (Å²) in [5, 5.41) is 29.4. The summed E-state index contributed by atoms with van der Waals surface area (Å²) in [5.74, 6) is 6.25. The van der Waals surface area contributed by atoms with E-state index in [1.54, 1.807) is 6.92 Å². The highest BCUT2D eigenvalue weighted by atomic mass is 16.4. The highest BCUT2D eigenvalue weighted by molar-refractivity contribution is 5.66. The van der Waals surface area contributed by atoms with Gasteiger partial charge in [-0.1, -0.05) is 30.7 Å². The lowest BCUT2D eigenvalue weighted by atomic mass is 9.89. The first kappa shape index (κ1) is 20.7. The summed E-state index contributed by atoms with van der Waals surface area (Å²) in [4.78, 5) is 10.6. The standard InChI is InChI=1S/C22H32O4/c1-3-4-7-15(2)20(23)11-10-18-19-13-16(8-5-6-9-22(25)26)12-17(19)14-21(18)24/h8,10-11,15,17-21,23-24H,5-7,9,12-14H2,1-2H3,(H,25,26)/t15?,17-,18?,19-,20+,21+/m0/s1. The lowest BCUT2D eigenvalue weighted by Gasteiger charge is -2.19. The summed E-state index contributed by atoms with van der Waals surface area (Å²) in [6.45, 7) is 3.79. The Bertz CT molecular complexity index is 595. The van der Waals surface area contributed by atoms with Gasteiger partial charge in [0.15, 0.2) is 0 Å². The molecule has 2 aliphatic carbocycles. The molecule has 0 radical (unpaired) electrons. The predicted octanol–water partition coefficient (Wildman–Crippen LogP) is 3.54. The molecule has 0 aromatic carbocycles. The molecular formula is C22H32O4. The fourth-order valence-electron chi connectivity index (χ4n) is 4.31. The van der Waals surface area contributed by atoms with Gasteiger partial charge in [0, 0.05) is 18.8 Å². The van der Waals surface area contributed by atoms with Crippen LogP contribution in [0.3, 0.4) is 0 Å². The van der Waals surface area contributed by atoms with Gasteiger partial charge in [0.25, 0.3) is 0 Å². The van der Waals surface area contributed by atoms with Crippen LogP contribution < -0.4 is 0 Å². The van der Waals surface area contributed by atoms with Crippen LogP contribution in [-0.2, 0) is 4.79 Å². The van der Waals surface area contributed by atoms with Crippen LogP contribution in [0.15, 0.2) is 23.8 Å². The average Bonchev–Trinajstić information content (AvgIpc) is 3.10. The minimum Gasteiger partial charge on any atom is -0.481 e. The number of rotatable bonds is 8. The molecular weight excluding hydrogens is 328 g/mol. The van der Waals surface area contributed by atoms with E-state index >= 15 is 0 Å². The molecule has 0 spiro atoms. The fourth-order valence-corrected chi connectivity index (χ4v) is 4.31. The van der Waals surface area contributed by atoms with Gasteiger partial charge in [-0.3, -0.25) is 4.79 Å². The van der Waals surface area contributed by atoms with Crippen molar-refractivity contribution < 1.29 is 20.1 Å². The number of fused-ring (bicyclic) bond motifs is 1. The minimum atomic E-state index is -0.738. The molecule has 2 aliphatic rings. The van der Waals surface area contributed by atoms with Crippen molar-refractivity contribution in [3.8, 4) is 11.8 Å². The lowest BCUT2D eigenvalue weighted by molar-refractivity contribution is -0.137. The molecule has 0 heterocycles. The van der Waals surface area contributed by atoms with Crippen molar-refractivity contribution in [3.63, 3.8) is 0 Å². The molecule has 0 saturated heterocycles. The zero-order valence-corrected chi connectivity index (χ0v) is 15.9. The molecule has 2 rings (SSSR count). The second-order valence-corrected chi connectivity index (χ2v) is 7.84. The van der Waals surface area contributed by atoms with E-state index < -0.39 is 12.1 Å². The number of carboxylic acids is 1. The Morgan fingerprint density at radius 1 is 1.38 bits per heavy atom. The highest BCUT2D eigenvalue weighted by Gasteiger charge is 2.44.